The first-order valence-corrected chi connectivity index (χ1v) is 7.13. The second-order valence-electron chi connectivity index (χ2n) is 5.33. The van der Waals surface area contributed by atoms with Crippen molar-refractivity contribution < 1.29 is 9.26 Å². The maximum Gasteiger partial charge on any atom is 0.151 e. The smallest absolute Gasteiger partial charge is 0.151 e. The molecule has 0 atom stereocenters. The molecule has 0 saturated heterocycles. The average Bonchev–Trinajstić information content (AvgIpc) is 2.83. The summed E-state index contributed by atoms with van der Waals surface area (Å²) in [4.78, 5) is 2.21. The van der Waals surface area contributed by atoms with Crippen molar-refractivity contribution in [2.24, 2.45) is 5.92 Å². The summed E-state index contributed by atoms with van der Waals surface area (Å²) in [6, 6.07) is 2.01. The lowest BCUT2D eigenvalue weighted by Crippen LogP contribution is -2.26. The zero-order chi connectivity index (χ0) is 14.8. The fourth-order valence-corrected chi connectivity index (χ4v) is 1.86. The van der Waals surface area contributed by atoms with Gasteiger partial charge in [0.1, 0.15) is 0 Å². The van der Waals surface area contributed by atoms with Crippen LogP contribution in [0.5, 0.6) is 0 Å². The second kappa shape index (κ2) is 9.69. The number of nitrogens with zero attached hydrogens (tertiary/aromatic N) is 2. The summed E-state index contributed by atoms with van der Waals surface area (Å²) in [7, 11) is 1.71. The molecular formula is C15H27N3O2. The Morgan fingerprint density at radius 2 is 2.35 bits per heavy atom. The van der Waals surface area contributed by atoms with Crippen LogP contribution in [-0.4, -0.2) is 43.4 Å². The van der Waals surface area contributed by atoms with Gasteiger partial charge < -0.3 is 14.6 Å². The van der Waals surface area contributed by atoms with Crippen molar-refractivity contribution in [2.45, 2.75) is 26.9 Å². The van der Waals surface area contributed by atoms with Crippen LogP contribution in [0.3, 0.4) is 0 Å². The Hall–Kier alpha value is -1.17. The molecule has 1 aromatic heterocycles. The third kappa shape index (κ3) is 6.84. The number of hydrogen-bond acceptors (Lipinski definition) is 5. The van der Waals surface area contributed by atoms with E-state index in [9.17, 15) is 0 Å². The van der Waals surface area contributed by atoms with Crippen LogP contribution in [0.15, 0.2) is 23.2 Å². The third-order valence-corrected chi connectivity index (χ3v) is 2.84. The molecule has 0 aliphatic rings. The van der Waals surface area contributed by atoms with Gasteiger partial charge >= 0.3 is 0 Å². The van der Waals surface area contributed by atoms with Crippen molar-refractivity contribution in [1.82, 2.24) is 15.4 Å². The van der Waals surface area contributed by atoms with E-state index in [-0.39, 0.29) is 0 Å². The van der Waals surface area contributed by atoms with Crippen LogP contribution in [0, 0.1) is 5.92 Å². The lowest BCUT2D eigenvalue weighted by Gasteiger charge is -2.18. The van der Waals surface area contributed by atoms with E-state index < -0.39 is 0 Å². The van der Waals surface area contributed by atoms with Crippen LogP contribution in [0.1, 0.15) is 25.3 Å². The molecule has 0 unspecified atom stereocenters. The fourth-order valence-electron chi connectivity index (χ4n) is 1.86. The summed E-state index contributed by atoms with van der Waals surface area (Å²) < 4.78 is 10.5. The van der Waals surface area contributed by atoms with Crippen molar-refractivity contribution in [1.29, 1.82) is 0 Å². The molecule has 0 bridgehead atoms. The van der Waals surface area contributed by atoms with Crippen LogP contribution >= 0.6 is 0 Å². The summed E-state index contributed by atoms with van der Waals surface area (Å²) in [5, 5.41) is 7.44. The highest BCUT2D eigenvalue weighted by Crippen LogP contribution is 2.07. The quantitative estimate of drug-likeness (QED) is 0.629. The minimum absolute atomic E-state index is 0.637. The molecule has 0 fully saturated rings. The Kier molecular flexibility index (Phi) is 8.18. The minimum Gasteiger partial charge on any atom is -0.383 e. The highest BCUT2D eigenvalue weighted by molar-refractivity contribution is 5.05. The molecular weight excluding hydrogens is 254 g/mol. The predicted octanol–water partition coefficient (Wildman–Crippen LogP) is 2.05. The molecule has 5 heteroatoms. The number of nitrogens with one attached hydrogen (secondary N) is 1. The monoisotopic (exact) mass is 281 g/mol. The van der Waals surface area contributed by atoms with Crippen molar-refractivity contribution >= 4 is 0 Å². The second-order valence-corrected chi connectivity index (χ2v) is 5.33. The van der Waals surface area contributed by atoms with Crippen molar-refractivity contribution in [2.75, 3.05) is 33.4 Å². The average molecular weight is 281 g/mol. The molecule has 20 heavy (non-hydrogen) atoms. The Balaban J connectivity index is 2.41. The van der Waals surface area contributed by atoms with E-state index in [1.165, 1.54) is 0 Å². The van der Waals surface area contributed by atoms with Gasteiger partial charge in [-0.1, -0.05) is 25.1 Å². The van der Waals surface area contributed by atoms with Crippen LogP contribution in [0.2, 0.25) is 0 Å². The number of rotatable bonds is 11. The Labute approximate surface area is 122 Å². The lowest BCUT2D eigenvalue weighted by atomic mass is 10.2. The minimum atomic E-state index is 0.637. The van der Waals surface area contributed by atoms with E-state index in [2.05, 4.69) is 35.8 Å². The first-order valence-electron chi connectivity index (χ1n) is 7.13. The Morgan fingerprint density at radius 3 is 3.00 bits per heavy atom. The maximum absolute atomic E-state index is 5.37. The summed E-state index contributed by atoms with van der Waals surface area (Å²) in [5.74, 6) is 1.52. The van der Waals surface area contributed by atoms with Gasteiger partial charge in [0.05, 0.1) is 18.8 Å². The van der Waals surface area contributed by atoms with Crippen molar-refractivity contribution in [3.8, 4) is 0 Å². The Morgan fingerprint density at radius 1 is 1.55 bits per heavy atom. The van der Waals surface area contributed by atoms with Gasteiger partial charge in [0.2, 0.25) is 0 Å². The maximum atomic E-state index is 5.37. The topological polar surface area (TPSA) is 50.5 Å². The van der Waals surface area contributed by atoms with E-state index in [1.807, 2.05) is 12.1 Å². The zero-order valence-electron chi connectivity index (χ0n) is 12.9. The van der Waals surface area contributed by atoms with E-state index in [1.54, 1.807) is 7.11 Å². The number of hydrogen-bond donors (Lipinski definition) is 1. The molecule has 1 aromatic rings. The molecule has 0 aliphatic carbocycles. The molecule has 0 aromatic carbocycles. The van der Waals surface area contributed by atoms with Gasteiger partial charge in [-0.2, -0.15) is 0 Å². The van der Waals surface area contributed by atoms with Crippen molar-refractivity contribution in [3.63, 3.8) is 0 Å². The molecule has 1 rings (SSSR count). The van der Waals surface area contributed by atoms with Crippen LogP contribution in [-0.2, 0) is 17.8 Å². The normalized spacial score (nSPS) is 11.4. The lowest BCUT2D eigenvalue weighted by molar-refractivity contribution is 0.144. The molecule has 0 aliphatic heterocycles. The standard InChI is InChI=1S/C15H27N3O2/c1-5-6-18(7-8-19-4)12-15-9-14(17-20-15)11-16-10-13(2)3/h5,9,13,16H,1,6-8,10-12H2,2-4H3. The van der Waals surface area contributed by atoms with E-state index in [0.29, 0.717) is 12.5 Å². The highest BCUT2D eigenvalue weighted by Gasteiger charge is 2.09. The van der Waals surface area contributed by atoms with Crippen molar-refractivity contribution in [3.05, 3.63) is 30.2 Å². The SMILES string of the molecule is C=CCN(CCOC)Cc1cc(CNCC(C)C)no1. The summed E-state index contributed by atoms with van der Waals surface area (Å²) in [5.41, 5.74) is 0.950. The van der Waals surface area contributed by atoms with E-state index in [4.69, 9.17) is 9.26 Å². The molecule has 0 saturated carbocycles. The largest absolute Gasteiger partial charge is 0.383 e. The molecule has 5 nitrogen and oxygen atoms in total. The van der Waals surface area contributed by atoms with Gasteiger partial charge in [-0.3, -0.25) is 4.90 Å². The first kappa shape index (κ1) is 16.9. The van der Waals surface area contributed by atoms with Gasteiger partial charge in [0, 0.05) is 32.8 Å². The molecule has 0 radical (unpaired) electrons. The van der Waals surface area contributed by atoms with Gasteiger partial charge in [-0.05, 0) is 12.5 Å². The summed E-state index contributed by atoms with van der Waals surface area (Å²) in [6.45, 7) is 13.0. The number of methoxy groups -OCH3 is 1. The molecule has 0 amide bonds. The third-order valence-electron chi connectivity index (χ3n) is 2.84. The van der Waals surface area contributed by atoms with Gasteiger partial charge in [0.25, 0.3) is 0 Å². The molecule has 1 N–H and O–H groups in total. The van der Waals surface area contributed by atoms with Crippen LogP contribution in [0.4, 0.5) is 0 Å². The predicted molar refractivity (Wildman–Crippen MR) is 80.4 cm³/mol. The summed E-state index contributed by atoms with van der Waals surface area (Å²) in [6.07, 6.45) is 1.89. The van der Waals surface area contributed by atoms with Gasteiger partial charge in [-0.15, -0.1) is 6.58 Å². The van der Waals surface area contributed by atoms with Gasteiger partial charge in [0.15, 0.2) is 5.76 Å². The molecule has 0 spiro atoms. The first-order chi connectivity index (χ1) is 9.65. The molecule has 114 valence electrons. The van der Waals surface area contributed by atoms with Crippen LogP contribution < -0.4 is 5.32 Å². The van der Waals surface area contributed by atoms with Crippen LogP contribution in [0.25, 0.3) is 0 Å². The fraction of sp³-hybridized carbons (Fsp3) is 0.667. The zero-order valence-corrected chi connectivity index (χ0v) is 12.9. The number of aromatic nitrogens is 1. The highest BCUT2D eigenvalue weighted by atomic mass is 16.5. The van der Waals surface area contributed by atoms with Gasteiger partial charge in [-0.25, -0.2) is 0 Å². The Bertz CT molecular complexity index is 377. The molecule has 1 heterocycles. The van der Waals surface area contributed by atoms with E-state index >= 15 is 0 Å². The van der Waals surface area contributed by atoms with E-state index in [0.717, 1.165) is 44.2 Å². The number of ether oxygens (including phenoxy) is 1. The summed E-state index contributed by atoms with van der Waals surface area (Å²) >= 11 is 0.